The van der Waals surface area contributed by atoms with E-state index in [-0.39, 0.29) is 12.0 Å². The highest BCUT2D eigenvalue weighted by Crippen LogP contribution is 2.44. The number of aliphatic hydroxyl groups is 1. The third kappa shape index (κ3) is 2.48. The van der Waals surface area contributed by atoms with Gasteiger partial charge in [-0.2, -0.15) is 0 Å². The van der Waals surface area contributed by atoms with E-state index in [0.29, 0.717) is 23.4 Å². The van der Waals surface area contributed by atoms with Gasteiger partial charge in [0.1, 0.15) is 5.73 Å². The number of hydrogen-bond acceptors (Lipinski definition) is 5. The molecule has 2 aliphatic heterocycles. The molecule has 0 saturated heterocycles. The van der Waals surface area contributed by atoms with Crippen LogP contribution in [0.15, 0.2) is 41.2 Å². The van der Waals surface area contributed by atoms with Crippen LogP contribution in [0, 0.1) is 0 Å². The van der Waals surface area contributed by atoms with E-state index in [1.54, 1.807) is 17.6 Å². The van der Waals surface area contributed by atoms with Crippen LogP contribution >= 0.6 is 0 Å². The number of aromatic nitrogens is 2. The van der Waals surface area contributed by atoms with Crippen molar-refractivity contribution in [2.75, 3.05) is 0 Å². The van der Waals surface area contributed by atoms with Crippen molar-refractivity contribution in [3.05, 3.63) is 63.4 Å². The van der Waals surface area contributed by atoms with E-state index in [4.69, 9.17) is 9.72 Å². The normalized spacial score (nSPS) is 22.4. The number of carbonyl (C=O) groups excluding carboxylic acids is 1. The maximum absolute atomic E-state index is 13.7. The molecule has 0 bridgehead atoms. The van der Waals surface area contributed by atoms with E-state index in [1.165, 1.54) is 0 Å². The Kier molecular flexibility index (Phi) is 3.92. The minimum atomic E-state index is -2.09. The van der Waals surface area contributed by atoms with Gasteiger partial charge in [-0.1, -0.05) is 44.8 Å². The molecule has 1 N–H and O–H groups in total. The van der Waals surface area contributed by atoms with Crippen molar-refractivity contribution in [3.8, 4) is 11.4 Å². The minimum Gasteiger partial charge on any atom is -0.459 e. The molecule has 5 rings (SSSR count). The molecule has 30 heavy (non-hydrogen) atoms. The summed E-state index contributed by atoms with van der Waals surface area (Å²) in [5.74, 6) is -0.668. The van der Waals surface area contributed by atoms with Crippen LogP contribution in [0.4, 0.5) is 0 Å². The fraction of sp³-hybridized carbons (Fsp3) is 0.348. The molecule has 6 nitrogen and oxygen atoms in total. The van der Waals surface area contributed by atoms with Crippen LogP contribution < -0.4 is 5.56 Å². The number of hydrogen-bond donors (Lipinski definition) is 1. The van der Waals surface area contributed by atoms with Crippen molar-refractivity contribution in [2.45, 2.75) is 50.9 Å². The molecule has 7 heteroatoms. The lowest BCUT2D eigenvalue weighted by molar-refractivity contribution is -0.174. The molecular formula is C23H24N2O4Si. The summed E-state index contributed by atoms with van der Waals surface area (Å²) in [5, 5.41) is 12.3. The zero-order valence-electron chi connectivity index (χ0n) is 17.5. The molecule has 2 aromatic heterocycles. The Hall–Kier alpha value is -2.77. The van der Waals surface area contributed by atoms with Crippen molar-refractivity contribution in [1.82, 2.24) is 9.55 Å². The van der Waals surface area contributed by atoms with E-state index in [0.717, 1.165) is 22.2 Å². The van der Waals surface area contributed by atoms with Crippen LogP contribution in [0.25, 0.3) is 22.3 Å². The van der Waals surface area contributed by atoms with Gasteiger partial charge in [0.15, 0.2) is 5.60 Å². The summed E-state index contributed by atoms with van der Waals surface area (Å²) in [4.78, 5) is 31.3. The summed E-state index contributed by atoms with van der Waals surface area (Å²) >= 11 is 0. The van der Waals surface area contributed by atoms with Gasteiger partial charge >= 0.3 is 5.97 Å². The van der Waals surface area contributed by atoms with Gasteiger partial charge in [0.2, 0.25) is 0 Å². The van der Waals surface area contributed by atoms with E-state index >= 15 is 0 Å². The highest BCUT2D eigenvalue weighted by Gasteiger charge is 2.51. The number of nitrogens with zero attached hydrogens (tertiary/aromatic N) is 2. The number of ether oxygens (including phenoxy) is 1. The Balaban J connectivity index is 1.83. The average molecular weight is 421 g/mol. The number of esters is 1. The van der Waals surface area contributed by atoms with E-state index in [1.807, 2.05) is 24.3 Å². The molecule has 0 radical (unpaired) electrons. The van der Waals surface area contributed by atoms with Gasteiger partial charge in [0, 0.05) is 16.5 Å². The fourth-order valence-corrected chi connectivity index (χ4v) is 6.21. The van der Waals surface area contributed by atoms with Gasteiger partial charge in [0.25, 0.3) is 5.56 Å². The van der Waals surface area contributed by atoms with Crippen molar-refractivity contribution < 1.29 is 14.6 Å². The molecule has 0 aliphatic carbocycles. The number of rotatable bonds is 2. The van der Waals surface area contributed by atoms with Gasteiger partial charge in [0.05, 0.1) is 37.1 Å². The SMILES string of the molecule is CC[C@@]1(O)C(=O)OC([Si](C)(C)C)c2c1cc1n(c2=O)Cc2cc3ccccc3nc2-1. The number of carbonyl (C=O) groups is 1. The smallest absolute Gasteiger partial charge is 0.343 e. The first-order chi connectivity index (χ1) is 14.1. The first-order valence-electron chi connectivity index (χ1n) is 10.3. The predicted octanol–water partition coefficient (Wildman–Crippen LogP) is 3.50. The maximum Gasteiger partial charge on any atom is 0.343 e. The molecule has 3 aromatic rings. The highest BCUT2D eigenvalue weighted by molar-refractivity contribution is 6.77. The fourth-order valence-electron chi connectivity index (χ4n) is 4.60. The molecule has 0 saturated carbocycles. The third-order valence-electron chi connectivity index (χ3n) is 6.28. The van der Waals surface area contributed by atoms with Crippen LogP contribution in [0.1, 0.15) is 35.8 Å². The Bertz CT molecular complexity index is 1290. The van der Waals surface area contributed by atoms with E-state index < -0.39 is 25.4 Å². The second-order valence-electron chi connectivity index (χ2n) is 9.30. The first kappa shape index (κ1) is 19.2. The lowest BCUT2D eigenvalue weighted by atomic mass is 9.86. The molecule has 0 amide bonds. The van der Waals surface area contributed by atoms with E-state index in [2.05, 4.69) is 25.7 Å². The van der Waals surface area contributed by atoms with Gasteiger partial charge in [-0.15, -0.1) is 0 Å². The van der Waals surface area contributed by atoms with Crippen molar-refractivity contribution >= 4 is 24.9 Å². The molecule has 2 aliphatic rings. The summed E-state index contributed by atoms with van der Waals surface area (Å²) in [7, 11) is -2.09. The second kappa shape index (κ2) is 6.12. The molecule has 4 heterocycles. The lowest BCUT2D eigenvalue weighted by Gasteiger charge is -2.40. The molecule has 2 atom stereocenters. The van der Waals surface area contributed by atoms with Crippen LogP contribution in [-0.4, -0.2) is 28.7 Å². The first-order valence-corrected chi connectivity index (χ1v) is 13.8. The number of benzene rings is 1. The summed E-state index contributed by atoms with van der Waals surface area (Å²) in [5.41, 5.74) is 1.40. The lowest BCUT2D eigenvalue weighted by Crippen LogP contribution is -2.51. The monoisotopic (exact) mass is 420 g/mol. The Morgan fingerprint density at radius 3 is 2.67 bits per heavy atom. The molecule has 1 unspecified atom stereocenters. The zero-order valence-corrected chi connectivity index (χ0v) is 18.5. The van der Waals surface area contributed by atoms with Crippen LogP contribution in [0.3, 0.4) is 0 Å². The van der Waals surface area contributed by atoms with Gasteiger partial charge in [-0.25, -0.2) is 9.78 Å². The summed E-state index contributed by atoms with van der Waals surface area (Å²) < 4.78 is 7.41. The Labute approximate surface area is 175 Å². The van der Waals surface area contributed by atoms with Gasteiger partial charge in [-0.05, 0) is 24.6 Å². The van der Waals surface area contributed by atoms with Crippen LogP contribution in [-0.2, 0) is 21.7 Å². The van der Waals surface area contributed by atoms with E-state index in [9.17, 15) is 14.7 Å². The largest absolute Gasteiger partial charge is 0.459 e. The number of fused-ring (bicyclic) bond motifs is 5. The highest BCUT2D eigenvalue weighted by atomic mass is 28.3. The predicted molar refractivity (Wildman–Crippen MR) is 117 cm³/mol. The zero-order chi connectivity index (χ0) is 21.4. The number of cyclic esters (lactones) is 1. The Morgan fingerprint density at radius 1 is 1.23 bits per heavy atom. The number of para-hydroxylation sites is 1. The molecule has 0 fully saturated rings. The van der Waals surface area contributed by atoms with Crippen molar-refractivity contribution in [1.29, 1.82) is 0 Å². The summed E-state index contributed by atoms with van der Waals surface area (Å²) in [6.45, 7) is 8.33. The topological polar surface area (TPSA) is 81.4 Å². The van der Waals surface area contributed by atoms with Gasteiger partial charge < -0.3 is 14.4 Å². The standard InChI is InChI=1S/C23H24N2O4Si/c1-5-23(28)15-11-17-19-14(10-13-8-6-7-9-16(13)24-19)12-25(17)20(26)18(15)21(29-22(23)27)30(2,3)4/h6-11,21,28H,5,12H2,1-4H3/t21?,23-/m0/s1. The minimum absolute atomic E-state index is 0.137. The van der Waals surface area contributed by atoms with Crippen molar-refractivity contribution in [3.63, 3.8) is 0 Å². The van der Waals surface area contributed by atoms with Crippen molar-refractivity contribution in [2.24, 2.45) is 0 Å². The quantitative estimate of drug-likeness (QED) is 0.396. The summed E-state index contributed by atoms with van der Waals surface area (Å²) in [6.07, 6.45) is 0.137. The summed E-state index contributed by atoms with van der Waals surface area (Å²) in [6, 6.07) is 11.7. The number of pyridine rings is 2. The third-order valence-corrected chi connectivity index (χ3v) is 8.26. The molecule has 1 aromatic carbocycles. The van der Waals surface area contributed by atoms with Crippen LogP contribution in [0.2, 0.25) is 19.6 Å². The molecule has 154 valence electrons. The molecule has 0 spiro atoms. The molecular weight excluding hydrogens is 396 g/mol. The second-order valence-corrected chi connectivity index (χ2v) is 14.6. The average Bonchev–Trinajstić information content (AvgIpc) is 3.06. The van der Waals surface area contributed by atoms with Gasteiger partial charge in [-0.3, -0.25) is 4.79 Å². The maximum atomic E-state index is 13.7. The van der Waals surface area contributed by atoms with Crippen LogP contribution in [0.5, 0.6) is 0 Å². The Morgan fingerprint density at radius 2 is 1.97 bits per heavy atom.